The van der Waals surface area contributed by atoms with Crippen LogP contribution in [0, 0.1) is 11.8 Å². The maximum Gasteiger partial charge on any atom is 0.407 e. The molecule has 5 atom stereocenters. The van der Waals surface area contributed by atoms with E-state index >= 15 is 0 Å². The van der Waals surface area contributed by atoms with Crippen molar-refractivity contribution in [1.29, 1.82) is 0 Å². The maximum absolute atomic E-state index is 14.6. The largest absolute Gasteiger partial charge is 0.445 e. The molecular formula is C45H60N6O7. The van der Waals surface area contributed by atoms with E-state index < -0.39 is 65.8 Å². The van der Waals surface area contributed by atoms with Crippen LogP contribution in [-0.2, 0) is 48.2 Å². The monoisotopic (exact) mass is 796 g/mol. The Morgan fingerprint density at radius 1 is 0.638 bits per heavy atom. The fourth-order valence-corrected chi connectivity index (χ4v) is 6.96. The molecular weight excluding hydrogens is 737 g/mol. The molecule has 0 unspecified atom stereocenters. The minimum absolute atomic E-state index is 0.00282. The van der Waals surface area contributed by atoms with Gasteiger partial charge >= 0.3 is 6.09 Å². The summed E-state index contributed by atoms with van der Waals surface area (Å²) in [7, 11) is 3.07. The minimum atomic E-state index is -1.10. The normalized spacial score (nSPS) is 21.2. The topological polar surface area (TPSA) is 166 Å². The number of amides is 6. The summed E-state index contributed by atoms with van der Waals surface area (Å²) in [5.74, 6) is -2.96. The molecule has 0 saturated carbocycles. The van der Waals surface area contributed by atoms with Crippen LogP contribution in [0.5, 0.6) is 0 Å². The number of alkyl carbamates (subject to hydrolysis) is 1. The van der Waals surface area contributed by atoms with Crippen molar-refractivity contribution in [1.82, 2.24) is 31.1 Å². The lowest BCUT2D eigenvalue weighted by molar-refractivity contribution is -0.145. The van der Waals surface area contributed by atoms with Crippen molar-refractivity contribution >= 4 is 35.6 Å². The Morgan fingerprint density at radius 2 is 1.16 bits per heavy atom. The van der Waals surface area contributed by atoms with E-state index in [1.807, 2.05) is 119 Å². The second-order valence-corrected chi connectivity index (χ2v) is 15.8. The van der Waals surface area contributed by atoms with Crippen LogP contribution in [0.25, 0.3) is 0 Å². The van der Waals surface area contributed by atoms with Crippen molar-refractivity contribution in [2.75, 3.05) is 20.6 Å². The van der Waals surface area contributed by atoms with E-state index in [2.05, 4.69) is 21.3 Å². The number of hydrogen-bond donors (Lipinski definition) is 4. The van der Waals surface area contributed by atoms with Gasteiger partial charge in [-0.15, -0.1) is 0 Å². The van der Waals surface area contributed by atoms with Gasteiger partial charge in [-0.25, -0.2) is 4.79 Å². The molecule has 4 N–H and O–H groups in total. The lowest BCUT2D eigenvalue weighted by Crippen LogP contribution is -2.60. The van der Waals surface area contributed by atoms with Crippen molar-refractivity contribution < 1.29 is 33.5 Å². The van der Waals surface area contributed by atoms with Crippen LogP contribution in [0.15, 0.2) is 91.0 Å². The van der Waals surface area contributed by atoms with Gasteiger partial charge < -0.3 is 35.8 Å². The third-order valence-corrected chi connectivity index (χ3v) is 10.4. The van der Waals surface area contributed by atoms with E-state index in [0.29, 0.717) is 19.3 Å². The summed E-state index contributed by atoms with van der Waals surface area (Å²) in [5.41, 5.74) is 2.45. The molecule has 6 amide bonds. The highest BCUT2D eigenvalue weighted by molar-refractivity contribution is 5.98. The predicted molar refractivity (Wildman–Crippen MR) is 222 cm³/mol. The molecule has 4 rings (SSSR count). The van der Waals surface area contributed by atoms with Crippen LogP contribution in [0.4, 0.5) is 4.79 Å². The third-order valence-electron chi connectivity index (χ3n) is 10.4. The molecule has 1 aliphatic rings. The lowest BCUT2D eigenvalue weighted by Gasteiger charge is -2.35. The molecule has 1 fully saturated rings. The van der Waals surface area contributed by atoms with Crippen LogP contribution in [0.2, 0.25) is 0 Å². The fourth-order valence-electron chi connectivity index (χ4n) is 6.96. The van der Waals surface area contributed by atoms with E-state index in [4.69, 9.17) is 4.74 Å². The molecule has 0 aromatic heterocycles. The van der Waals surface area contributed by atoms with Crippen LogP contribution >= 0.6 is 0 Å². The van der Waals surface area contributed by atoms with E-state index in [1.54, 1.807) is 7.05 Å². The summed E-state index contributed by atoms with van der Waals surface area (Å²) in [6, 6.07) is 22.7. The van der Waals surface area contributed by atoms with Gasteiger partial charge in [0, 0.05) is 33.5 Å². The van der Waals surface area contributed by atoms with Crippen LogP contribution in [0.3, 0.4) is 0 Å². The third kappa shape index (κ3) is 13.5. The summed E-state index contributed by atoms with van der Waals surface area (Å²) >= 11 is 0. The second-order valence-electron chi connectivity index (χ2n) is 15.8. The predicted octanol–water partition coefficient (Wildman–Crippen LogP) is 4.39. The number of carbonyl (C=O) groups excluding carboxylic acids is 6. The van der Waals surface area contributed by atoms with Crippen molar-refractivity contribution in [2.45, 2.75) is 103 Å². The number of ether oxygens (including phenoxy) is 1. The van der Waals surface area contributed by atoms with Gasteiger partial charge in [-0.1, -0.05) is 119 Å². The molecule has 3 aromatic rings. The molecule has 1 aliphatic heterocycles. The van der Waals surface area contributed by atoms with Crippen molar-refractivity contribution in [3.05, 3.63) is 108 Å². The van der Waals surface area contributed by atoms with Crippen molar-refractivity contribution in [3.8, 4) is 0 Å². The number of benzene rings is 3. The van der Waals surface area contributed by atoms with Crippen molar-refractivity contribution in [3.63, 3.8) is 0 Å². The van der Waals surface area contributed by atoms with Gasteiger partial charge in [0.15, 0.2) is 0 Å². The zero-order chi connectivity index (χ0) is 42.2. The number of rotatable bonds is 14. The first kappa shape index (κ1) is 45.0. The summed E-state index contributed by atoms with van der Waals surface area (Å²) in [4.78, 5) is 86.8. The van der Waals surface area contributed by atoms with Gasteiger partial charge in [-0.2, -0.15) is 0 Å². The Labute approximate surface area is 342 Å². The molecule has 0 bridgehead atoms. The van der Waals surface area contributed by atoms with Crippen LogP contribution in [-0.4, -0.2) is 96.3 Å². The number of nitrogens with one attached hydrogen (secondary N) is 4. The lowest BCUT2D eigenvalue weighted by atomic mass is 9.97. The zero-order valence-corrected chi connectivity index (χ0v) is 34.6. The Bertz CT molecular complexity index is 1810. The number of unbranched alkanes of at least 4 members (excludes halogenated alkanes) is 1. The molecule has 13 nitrogen and oxygen atoms in total. The second kappa shape index (κ2) is 22.3. The number of nitrogens with zero attached hydrogens (tertiary/aromatic N) is 2. The Balaban J connectivity index is 1.66. The van der Waals surface area contributed by atoms with Gasteiger partial charge in [0.05, 0.1) is 0 Å². The van der Waals surface area contributed by atoms with E-state index in [9.17, 15) is 28.8 Å². The molecule has 3 aromatic carbocycles. The SMILES string of the molecule is CC(C)C[C@H]1C(=O)N[C@@H](CCCCNC(=O)OCc2ccccc2)C(=O)N[C@@H](Cc2ccccc2)C(=O)N(C)[C@H](Cc2ccccc2)C(=O)N[C@@H](C(C)C)C(=O)N1C. The molecule has 312 valence electrons. The summed E-state index contributed by atoms with van der Waals surface area (Å²) in [6.07, 6.45) is 1.07. The van der Waals surface area contributed by atoms with Gasteiger partial charge in [-0.3, -0.25) is 24.0 Å². The number of carbonyl (C=O) groups is 6. The fraction of sp³-hybridized carbons (Fsp3) is 0.467. The van der Waals surface area contributed by atoms with Crippen molar-refractivity contribution in [2.24, 2.45) is 11.8 Å². The summed E-state index contributed by atoms with van der Waals surface area (Å²) in [6.45, 7) is 7.90. The Kier molecular flexibility index (Phi) is 17.3. The highest BCUT2D eigenvalue weighted by atomic mass is 16.5. The highest BCUT2D eigenvalue weighted by Crippen LogP contribution is 2.19. The van der Waals surface area contributed by atoms with Gasteiger partial charge in [0.1, 0.15) is 36.8 Å². The van der Waals surface area contributed by atoms with Crippen LogP contribution < -0.4 is 21.3 Å². The van der Waals surface area contributed by atoms with Gasteiger partial charge in [-0.05, 0) is 54.2 Å². The number of hydrogen-bond acceptors (Lipinski definition) is 7. The average Bonchev–Trinajstić information content (AvgIpc) is 3.21. The first-order chi connectivity index (χ1) is 27.7. The molecule has 58 heavy (non-hydrogen) atoms. The minimum Gasteiger partial charge on any atom is -0.445 e. The van der Waals surface area contributed by atoms with E-state index in [-0.39, 0.29) is 44.2 Å². The Morgan fingerprint density at radius 3 is 1.72 bits per heavy atom. The molecule has 13 heteroatoms. The quantitative estimate of drug-likeness (QED) is 0.176. The highest BCUT2D eigenvalue weighted by Gasteiger charge is 2.39. The molecule has 1 saturated heterocycles. The summed E-state index contributed by atoms with van der Waals surface area (Å²) in [5, 5.41) is 11.5. The molecule has 0 radical (unpaired) electrons. The zero-order valence-electron chi connectivity index (χ0n) is 34.6. The van der Waals surface area contributed by atoms with Crippen LogP contribution in [0.1, 0.15) is 70.1 Å². The smallest absolute Gasteiger partial charge is 0.407 e. The molecule has 0 aliphatic carbocycles. The Hall–Kier alpha value is -5.72. The first-order valence-corrected chi connectivity index (χ1v) is 20.2. The van der Waals surface area contributed by atoms with Gasteiger partial charge in [0.2, 0.25) is 29.5 Å². The maximum atomic E-state index is 14.6. The standard InChI is InChI=1S/C45H60N6O7/c1-30(2)26-37-41(53)47-35(24-16-17-25-46-45(57)58-29-34-22-14-9-15-23-34)40(52)48-36(27-32-18-10-7-11-19-32)43(55)50(5)38(28-33-20-12-8-13-21-33)42(54)49-39(31(3)4)44(56)51(37)6/h7-15,18-23,30-31,35-39H,16-17,24-29H2,1-6H3,(H,46,57)(H,47,53)(H,48,52)(H,49,54)/t35-,36-,37-,38+,39-/m0/s1. The summed E-state index contributed by atoms with van der Waals surface area (Å²) < 4.78 is 5.31. The van der Waals surface area contributed by atoms with E-state index in [0.717, 1.165) is 16.7 Å². The molecule has 0 spiro atoms. The van der Waals surface area contributed by atoms with Gasteiger partial charge in [0.25, 0.3) is 0 Å². The number of likely N-dealkylation sites (N-methyl/N-ethyl adjacent to an activating group) is 2. The average molecular weight is 797 g/mol. The van der Waals surface area contributed by atoms with E-state index in [1.165, 1.54) is 16.8 Å². The first-order valence-electron chi connectivity index (χ1n) is 20.2. The molecule has 1 heterocycles.